The number of likely N-dealkylation sites (N-methyl/N-ethyl adjacent to an activating group) is 1. The Balaban J connectivity index is 2.33. The highest BCUT2D eigenvalue weighted by Gasteiger charge is 2.32. The summed E-state index contributed by atoms with van der Waals surface area (Å²) in [5.74, 6) is -0.293. The van der Waals surface area contributed by atoms with Crippen LogP contribution in [0, 0.1) is 6.92 Å². The fourth-order valence-electron chi connectivity index (χ4n) is 2.85. The van der Waals surface area contributed by atoms with E-state index in [9.17, 15) is 13.2 Å². The first-order valence-corrected chi connectivity index (χ1v) is 10.4. The number of hydrogen-bond donors (Lipinski definition) is 0. The number of hydrogen-bond acceptors (Lipinski definition) is 3. The normalized spacial score (nSPS) is 12.5. The average Bonchev–Trinajstić information content (AvgIpc) is 2.57. The molecule has 26 heavy (non-hydrogen) atoms. The molecule has 1 atom stereocenters. The number of halogens is 1. The fourth-order valence-corrected chi connectivity index (χ4v) is 4.23. The summed E-state index contributed by atoms with van der Waals surface area (Å²) in [6.07, 6.45) is 1.09. The zero-order valence-corrected chi connectivity index (χ0v) is 16.9. The number of nitrogens with zero attached hydrogens (tertiary/aromatic N) is 2. The Bertz CT molecular complexity index is 885. The summed E-state index contributed by atoms with van der Waals surface area (Å²) in [5.41, 5.74) is 2.11. The Labute approximate surface area is 160 Å². The average molecular weight is 395 g/mol. The van der Waals surface area contributed by atoms with Crippen LogP contribution in [0.15, 0.2) is 48.5 Å². The summed E-state index contributed by atoms with van der Waals surface area (Å²) in [5, 5.41) is 0.413. The Morgan fingerprint density at radius 1 is 1.15 bits per heavy atom. The van der Waals surface area contributed by atoms with E-state index in [0.29, 0.717) is 17.3 Å². The zero-order valence-electron chi connectivity index (χ0n) is 15.3. The molecule has 0 N–H and O–H groups in total. The van der Waals surface area contributed by atoms with Crippen molar-refractivity contribution in [3.05, 3.63) is 64.7 Å². The van der Waals surface area contributed by atoms with E-state index in [-0.39, 0.29) is 5.91 Å². The van der Waals surface area contributed by atoms with Gasteiger partial charge in [0.05, 0.1) is 11.9 Å². The molecule has 2 rings (SSSR count). The van der Waals surface area contributed by atoms with Gasteiger partial charge >= 0.3 is 0 Å². The fraction of sp³-hybridized carbons (Fsp3) is 0.316. The third kappa shape index (κ3) is 4.77. The van der Waals surface area contributed by atoms with Crippen LogP contribution in [0.3, 0.4) is 0 Å². The number of anilines is 1. The van der Waals surface area contributed by atoms with E-state index < -0.39 is 16.1 Å². The van der Waals surface area contributed by atoms with Crippen molar-refractivity contribution in [2.24, 2.45) is 0 Å². The molecule has 0 saturated carbocycles. The topological polar surface area (TPSA) is 57.7 Å². The van der Waals surface area contributed by atoms with Gasteiger partial charge in [0.15, 0.2) is 0 Å². The van der Waals surface area contributed by atoms with E-state index in [0.717, 1.165) is 21.7 Å². The van der Waals surface area contributed by atoms with E-state index in [1.807, 2.05) is 30.3 Å². The molecule has 0 aliphatic carbocycles. The molecule has 140 valence electrons. The van der Waals surface area contributed by atoms with E-state index in [2.05, 4.69) is 0 Å². The number of sulfonamides is 1. The van der Waals surface area contributed by atoms with Crippen LogP contribution < -0.4 is 4.31 Å². The molecule has 0 bridgehead atoms. The zero-order chi connectivity index (χ0) is 19.5. The maximum atomic E-state index is 12.9. The van der Waals surface area contributed by atoms with Crippen molar-refractivity contribution in [3.8, 4) is 0 Å². The summed E-state index contributed by atoms with van der Waals surface area (Å²) in [4.78, 5) is 14.4. The quantitative estimate of drug-likeness (QED) is 0.753. The minimum absolute atomic E-state index is 0.293. The molecule has 0 fully saturated rings. The lowest BCUT2D eigenvalue weighted by Crippen LogP contribution is -2.48. The summed E-state index contributed by atoms with van der Waals surface area (Å²) in [6.45, 7) is 3.77. The second-order valence-corrected chi connectivity index (χ2v) is 8.64. The highest BCUT2D eigenvalue weighted by Crippen LogP contribution is 2.28. The molecular weight excluding hydrogens is 372 g/mol. The van der Waals surface area contributed by atoms with Crippen LogP contribution in [0.5, 0.6) is 0 Å². The van der Waals surface area contributed by atoms with Crippen LogP contribution in [0.25, 0.3) is 0 Å². The maximum Gasteiger partial charge on any atom is 0.246 e. The van der Waals surface area contributed by atoms with Crippen LogP contribution in [-0.4, -0.2) is 38.6 Å². The summed E-state index contributed by atoms with van der Waals surface area (Å²) >= 11 is 6.05. The summed E-state index contributed by atoms with van der Waals surface area (Å²) < 4.78 is 26.0. The molecule has 0 aromatic heterocycles. The highest BCUT2D eigenvalue weighted by atomic mass is 35.5. The molecule has 0 spiro atoms. The van der Waals surface area contributed by atoms with Crippen LogP contribution in [0.2, 0.25) is 5.02 Å². The van der Waals surface area contributed by atoms with Crippen molar-refractivity contribution >= 4 is 33.2 Å². The van der Waals surface area contributed by atoms with Gasteiger partial charge in [0.1, 0.15) is 6.04 Å². The van der Waals surface area contributed by atoms with Gasteiger partial charge in [-0.3, -0.25) is 9.10 Å². The molecule has 1 amide bonds. The van der Waals surface area contributed by atoms with Crippen molar-refractivity contribution in [3.63, 3.8) is 0 Å². The molecule has 0 heterocycles. The predicted octanol–water partition coefficient (Wildman–Crippen LogP) is 3.46. The minimum atomic E-state index is -3.68. The van der Waals surface area contributed by atoms with E-state index in [1.54, 1.807) is 39.1 Å². The molecule has 0 aliphatic heterocycles. The molecule has 0 radical (unpaired) electrons. The van der Waals surface area contributed by atoms with E-state index in [1.165, 1.54) is 4.90 Å². The predicted molar refractivity (Wildman–Crippen MR) is 106 cm³/mol. The Morgan fingerprint density at radius 3 is 2.35 bits per heavy atom. The molecular formula is C19H23ClN2O3S. The molecule has 7 heteroatoms. The Morgan fingerprint density at radius 2 is 1.77 bits per heavy atom. The second kappa shape index (κ2) is 8.10. The SMILES string of the molecule is Cc1ccc(Cl)cc1N([C@H](C)C(=O)N(C)Cc1ccccc1)S(C)(=O)=O. The summed E-state index contributed by atoms with van der Waals surface area (Å²) in [6, 6.07) is 13.6. The molecule has 0 aliphatic rings. The Kier molecular flexibility index (Phi) is 6.31. The second-order valence-electron chi connectivity index (χ2n) is 6.35. The van der Waals surface area contributed by atoms with Crippen LogP contribution in [0.4, 0.5) is 5.69 Å². The number of benzene rings is 2. The maximum absolute atomic E-state index is 12.9. The first-order chi connectivity index (χ1) is 12.1. The van der Waals surface area contributed by atoms with Gasteiger partial charge in [-0.05, 0) is 37.1 Å². The standard InChI is InChI=1S/C19H23ClN2O3S/c1-14-10-11-17(20)12-18(14)22(26(4,24)25)15(2)19(23)21(3)13-16-8-6-5-7-9-16/h5-12,15H,13H2,1-4H3/t15-/m1/s1. The van der Waals surface area contributed by atoms with Gasteiger partial charge < -0.3 is 4.90 Å². The number of carbonyl (C=O) groups excluding carboxylic acids is 1. The Hall–Kier alpha value is -2.05. The van der Waals surface area contributed by atoms with Gasteiger partial charge in [0, 0.05) is 18.6 Å². The smallest absolute Gasteiger partial charge is 0.246 e. The first kappa shape index (κ1) is 20.3. The van der Waals surface area contributed by atoms with Gasteiger partial charge in [-0.15, -0.1) is 0 Å². The van der Waals surface area contributed by atoms with Gasteiger partial charge in [0.25, 0.3) is 0 Å². The minimum Gasteiger partial charge on any atom is -0.340 e. The van der Waals surface area contributed by atoms with Crippen molar-refractivity contribution < 1.29 is 13.2 Å². The van der Waals surface area contributed by atoms with Crippen LogP contribution >= 0.6 is 11.6 Å². The molecule has 2 aromatic carbocycles. The van der Waals surface area contributed by atoms with E-state index in [4.69, 9.17) is 11.6 Å². The van der Waals surface area contributed by atoms with Crippen LogP contribution in [0.1, 0.15) is 18.1 Å². The lowest BCUT2D eigenvalue weighted by molar-refractivity contribution is -0.131. The van der Waals surface area contributed by atoms with Gasteiger partial charge in [-0.1, -0.05) is 48.0 Å². The lowest BCUT2D eigenvalue weighted by Gasteiger charge is -2.32. The van der Waals surface area contributed by atoms with Gasteiger partial charge in [-0.2, -0.15) is 0 Å². The number of rotatable bonds is 6. The first-order valence-electron chi connectivity index (χ1n) is 8.15. The van der Waals surface area contributed by atoms with Crippen molar-refractivity contribution in [2.45, 2.75) is 26.4 Å². The lowest BCUT2D eigenvalue weighted by atomic mass is 10.1. The van der Waals surface area contributed by atoms with Gasteiger partial charge in [0.2, 0.25) is 15.9 Å². The molecule has 2 aromatic rings. The third-order valence-electron chi connectivity index (χ3n) is 4.11. The van der Waals surface area contributed by atoms with Crippen molar-refractivity contribution in [1.82, 2.24) is 4.90 Å². The van der Waals surface area contributed by atoms with Gasteiger partial charge in [-0.25, -0.2) is 8.42 Å². The third-order valence-corrected chi connectivity index (χ3v) is 5.58. The number of aryl methyl sites for hydroxylation is 1. The van der Waals surface area contributed by atoms with Crippen LogP contribution in [-0.2, 0) is 21.4 Å². The molecule has 0 saturated heterocycles. The monoisotopic (exact) mass is 394 g/mol. The van der Waals surface area contributed by atoms with E-state index >= 15 is 0 Å². The molecule has 0 unspecified atom stereocenters. The summed E-state index contributed by atoms with van der Waals surface area (Å²) in [7, 11) is -2.02. The van der Waals surface area contributed by atoms with Crippen molar-refractivity contribution in [2.75, 3.05) is 17.6 Å². The number of amides is 1. The largest absolute Gasteiger partial charge is 0.340 e. The molecule has 5 nitrogen and oxygen atoms in total. The highest BCUT2D eigenvalue weighted by molar-refractivity contribution is 7.92. The van der Waals surface area contributed by atoms with Crippen molar-refractivity contribution in [1.29, 1.82) is 0 Å². The number of carbonyl (C=O) groups is 1.